The van der Waals surface area contributed by atoms with E-state index < -0.39 is 31.4 Å². The molecule has 0 aromatic rings. The first-order valence-electron chi connectivity index (χ1n) is 5.06. The van der Waals surface area contributed by atoms with Gasteiger partial charge in [-0.15, -0.1) is 0 Å². The molecule has 0 saturated heterocycles. The van der Waals surface area contributed by atoms with E-state index >= 15 is 0 Å². The van der Waals surface area contributed by atoms with Crippen molar-refractivity contribution in [2.45, 2.75) is 45.6 Å². The van der Waals surface area contributed by atoms with Crippen LogP contribution < -0.4 is 0 Å². The molecule has 0 amide bonds. The van der Waals surface area contributed by atoms with Crippen molar-refractivity contribution >= 4 is 20.2 Å². The van der Waals surface area contributed by atoms with E-state index in [1.54, 1.807) is 6.92 Å². The van der Waals surface area contributed by atoms with Crippen LogP contribution >= 0.6 is 0 Å². The lowest BCUT2D eigenvalue weighted by molar-refractivity contribution is 0.192. The Bertz CT molecular complexity index is 383. The molecule has 8 heteroatoms. The first-order valence-corrected chi connectivity index (χ1v) is 8.25. The number of hydrogen-bond donors (Lipinski definition) is 1. The molecule has 0 heterocycles. The molecule has 1 unspecified atom stereocenters. The second-order valence-electron chi connectivity index (χ2n) is 3.53. The lowest BCUT2D eigenvalue weighted by Crippen LogP contribution is -2.23. The zero-order chi connectivity index (χ0) is 12.8. The van der Waals surface area contributed by atoms with Crippen molar-refractivity contribution in [2.75, 3.05) is 5.08 Å². The highest BCUT2D eigenvalue weighted by atomic mass is 32.3. The van der Waals surface area contributed by atoms with E-state index in [4.69, 9.17) is 8.74 Å². The summed E-state index contributed by atoms with van der Waals surface area (Å²) in [7, 11) is -8.79. The van der Waals surface area contributed by atoms with Crippen molar-refractivity contribution in [2.24, 2.45) is 0 Å². The Kier molecular flexibility index (Phi) is 6.46. The first kappa shape index (κ1) is 15.8. The van der Waals surface area contributed by atoms with Crippen molar-refractivity contribution in [1.29, 1.82) is 0 Å². The second-order valence-corrected chi connectivity index (χ2v) is 6.94. The summed E-state index contributed by atoms with van der Waals surface area (Å²) in [6.45, 7) is 3.71. The fraction of sp³-hybridized carbons (Fsp3) is 1.00. The van der Waals surface area contributed by atoms with Gasteiger partial charge in [0.25, 0.3) is 20.2 Å². The molecule has 1 atom stereocenters. The molecule has 0 aliphatic heterocycles. The average molecular weight is 274 g/mol. The van der Waals surface area contributed by atoms with Gasteiger partial charge in [-0.2, -0.15) is 16.8 Å². The van der Waals surface area contributed by atoms with Crippen LogP contribution in [-0.2, 0) is 24.4 Å². The summed E-state index contributed by atoms with van der Waals surface area (Å²) in [5.74, 6) is 0. The molecule has 0 rings (SSSR count). The quantitative estimate of drug-likeness (QED) is 0.526. The molecule has 16 heavy (non-hydrogen) atoms. The van der Waals surface area contributed by atoms with Crippen LogP contribution in [-0.4, -0.2) is 32.6 Å². The van der Waals surface area contributed by atoms with E-state index in [2.05, 4.69) is 0 Å². The maximum atomic E-state index is 11.2. The van der Waals surface area contributed by atoms with Crippen LogP contribution in [0.4, 0.5) is 0 Å². The van der Waals surface area contributed by atoms with Crippen LogP contribution in [0.1, 0.15) is 39.5 Å². The van der Waals surface area contributed by atoms with Crippen molar-refractivity contribution in [1.82, 2.24) is 0 Å². The van der Waals surface area contributed by atoms with Gasteiger partial charge in [-0.3, -0.25) is 8.74 Å². The molecular weight excluding hydrogens is 256 g/mol. The molecule has 98 valence electrons. The zero-order valence-electron chi connectivity index (χ0n) is 9.42. The third-order valence-electron chi connectivity index (χ3n) is 1.91. The predicted octanol–water partition coefficient (Wildman–Crippen LogP) is 1.15. The van der Waals surface area contributed by atoms with Crippen LogP contribution in [0.3, 0.4) is 0 Å². The number of hydrogen-bond acceptors (Lipinski definition) is 5. The van der Waals surface area contributed by atoms with Crippen molar-refractivity contribution in [3.63, 3.8) is 0 Å². The van der Waals surface area contributed by atoms with E-state index in [-0.39, 0.29) is 0 Å². The summed E-state index contributed by atoms with van der Waals surface area (Å²) in [5, 5.41) is -1.39. The normalized spacial score (nSPS) is 14.9. The molecule has 0 aromatic carbocycles. The Morgan fingerprint density at radius 1 is 1.19 bits per heavy atom. The second kappa shape index (κ2) is 6.53. The van der Waals surface area contributed by atoms with Gasteiger partial charge in [0.2, 0.25) is 5.08 Å². The Hall–Kier alpha value is -0.180. The summed E-state index contributed by atoms with van der Waals surface area (Å²) >= 11 is 0. The third kappa shape index (κ3) is 8.03. The van der Waals surface area contributed by atoms with Crippen LogP contribution in [0.5, 0.6) is 0 Å². The van der Waals surface area contributed by atoms with Crippen molar-refractivity contribution in [3.8, 4) is 0 Å². The topological polar surface area (TPSA) is 97.7 Å². The van der Waals surface area contributed by atoms with Gasteiger partial charge in [-0.05, 0) is 12.8 Å². The minimum absolute atomic E-state index is 0.477. The van der Waals surface area contributed by atoms with E-state index in [0.717, 1.165) is 12.8 Å². The Balaban J connectivity index is 4.44. The maximum absolute atomic E-state index is 11.2. The standard InChI is InChI=1S/C8H18O6S2/c1-3-5-6-8(4-2)14-16(12,13)7-15(9,10)11/h8H,3-7H2,1-2H3,(H,9,10,11). The van der Waals surface area contributed by atoms with Crippen LogP contribution in [0.25, 0.3) is 0 Å². The predicted molar refractivity (Wildman–Crippen MR) is 60.0 cm³/mol. The van der Waals surface area contributed by atoms with Gasteiger partial charge in [0.1, 0.15) is 0 Å². The SMILES string of the molecule is CCCCC(CC)OS(=O)(=O)CS(=O)(=O)O. The van der Waals surface area contributed by atoms with Crippen LogP contribution in [0.2, 0.25) is 0 Å². The Morgan fingerprint density at radius 3 is 2.12 bits per heavy atom. The zero-order valence-corrected chi connectivity index (χ0v) is 11.1. The Morgan fingerprint density at radius 2 is 1.75 bits per heavy atom. The van der Waals surface area contributed by atoms with Gasteiger partial charge < -0.3 is 0 Å². The molecule has 1 N–H and O–H groups in total. The lowest BCUT2D eigenvalue weighted by atomic mass is 10.1. The summed E-state index contributed by atoms with van der Waals surface area (Å²) < 4.78 is 56.4. The average Bonchev–Trinajstić information content (AvgIpc) is 2.07. The minimum Gasteiger partial charge on any atom is -0.285 e. The lowest BCUT2D eigenvalue weighted by Gasteiger charge is -2.14. The van der Waals surface area contributed by atoms with Gasteiger partial charge >= 0.3 is 0 Å². The highest BCUT2D eigenvalue weighted by Gasteiger charge is 2.24. The van der Waals surface area contributed by atoms with Crippen LogP contribution in [0, 0.1) is 0 Å². The van der Waals surface area contributed by atoms with E-state index in [9.17, 15) is 16.8 Å². The highest BCUT2D eigenvalue weighted by Crippen LogP contribution is 2.12. The molecule has 0 aliphatic carbocycles. The molecule has 0 aliphatic rings. The van der Waals surface area contributed by atoms with Gasteiger partial charge in [0.15, 0.2) is 0 Å². The van der Waals surface area contributed by atoms with E-state index in [1.165, 1.54) is 0 Å². The fourth-order valence-corrected chi connectivity index (χ4v) is 3.50. The van der Waals surface area contributed by atoms with Gasteiger partial charge in [-0.1, -0.05) is 26.7 Å². The minimum atomic E-state index is -4.57. The summed E-state index contributed by atoms with van der Waals surface area (Å²) in [4.78, 5) is 0. The fourth-order valence-electron chi connectivity index (χ4n) is 1.17. The molecular formula is C8H18O6S2. The number of unbranched alkanes of at least 4 members (excludes halogenated alkanes) is 1. The molecule has 0 aromatic heterocycles. The number of rotatable bonds is 8. The smallest absolute Gasteiger partial charge is 0.284 e. The third-order valence-corrected chi connectivity index (χ3v) is 4.82. The monoisotopic (exact) mass is 274 g/mol. The molecule has 0 saturated carbocycles. The van der Waals surface area contributed by atoms with Gasteiger partial charge in [0.05, 0.1) is 6.10 Å². The molecule has 0 fully saturated rings. The molecule has 0 radical (unpaired) electrons. The van der Waals surface area contributed by atoms with E-state index in [0.29, 0.717) is 12.8 Å². The summed E-state index contributed by atoms with van der Waals surface area (Å²) in [5.41, 5.74) is 0. The van der Waals surface area contributed by atoms with Crippen LogP contribution in [0.15, 0.2) is 0 Å². The first-order chi connectivity index (χ1) is 7.20. The van der Waals surface area contributed by atoms with E-state index in [1.807, 2.05) is 6.92 Å². The van der Waals surface area contributed by atoms with Crippen molar-refractivity contribution in [3.05, 3.63) is 0 Å². The summed E-state index contributed by atoms with van der Waals surface area (Å²) in [6.07, 6.45) is 2.22. The molecule has 0 spiro atoms. The molecule has 0 bridgehead atoms. The molecule has 6 nitrogen and oxygen atoms in total. The summed E-state index contributed by atoms with van der Waals surface area (Å²) in [6, 6.07) is 0. The van der Waals surface area contributed by atoms with Gasteiger partial charge in [-0.25, -0.2) is 0 Å². The Labute approximate surface area is 96.9 Å². The highest BCUT2D eigenvalue weighted by molar-refractivity contribution is 8.03. The van der Waals surface area contributed by atoms with Crippen molar-refractivity contribution < 1.29 is 25.6 Å². The largest absolute Gasteiger partial charge is 0.285 e. The van der Waals surface area contributed by atoms with Gasteiger partial charge in [0, 0.05) is 0 Å². The maximum Gasteiger partial charge on any atom is 0.284 e.